The summed E-state index contributed by atoms with van der Waals surface area (Å²) in [4.78, 5) is 13.7. The highest BCUT2D eigenvalue weighted by atomic mass is 16.2. The summed E-state index contributed by atoms with van der Waals surface area (Å²) in [6.45, 7) is 6.09. The number of hydrogen-bond donors (Lipinski definition) is 1. The average Bonchev–Trinajstić information content (AvgIpc) is 2.76. The van der Waals surface area contributed by atoms with Crippen LogP contribution in [-0.4, -0.2) is 34.1 Å². The zero-order chi connectivity index (χ0) is 10.1. The van der Waals surface area contributed by atoms with E-state index >= 15 is 0 Å². The Kier molecular flexibility index (Phi) is 2.27. The number of carbonyl (C=O) groups excluding carboxylic acids is 1. The summed E-state index contributed by atoms with van der Waals surface area (Å²) >= 11 is 0. The molecule has 0 radical (unpaired) electrons. The summed E-state index contributed by atoms with van der Waals surface area (Å²) in [7, 11) is 0. The van der Waals surface area contributed by atoms with E-state index in [9.17, 15) is 4.79 Å². The molecule has 4 nitrogen and oxygen atoms in total. The SMILES string of the molecule is CC1CN(C(=O)c2ccn[nH]2)CC1C. The highest BCUT2D eigenvalue weighted by molar-refractivity contribution is 5.92. The van der Waals surface area contributed by atoms with Gasteiger partial charge in [-0.25, -0.2) is 0 Å². The Morgan fingerprint density at radius 3 is 2.64 bits per heavy atom. The number of likely N-dealkylation sites (tertiary alicyclic amines) is 1. The minimum Gasteiger partial charge on any atom is -0.337 e. The van der Waals surface area contributed by atoms with Crippen LogP contribution in [0.5, 0.6) is 0 Å². The molecule has 0 aromatic carbocycles. The standard InChI is InChI=1S/C10H15N3O/c1-7-5-13(6-8(7)2)10(14)9-3-4-11-12-9/h3-4,7-8H,5-6H2,1-2H3,(H,11,12). The Balaban J connectivity index is 2.07. The van der Waals surface area contributed by atoms with Crippen LogP contribution < -0.4 is 0 Å². The van der Waals surface area contributed by atoms with E-state index < -0.39 is 0 Å². The van der Waals surface area contributed by atoms with Gasteiger partial charge < -0.3 is 4.90 Å². The molecule has 1 aliphatic rings. The molecule has 2 rings (SSSR count). The van der Waals surface area contributed by atoms with Gasteiger partial charge in [-0.1, -0.05) is 13.8 Å². The second kappa shape index (κ2) is 3.44. The second-order valence-electron chi connectivity index (χ2n) is 4.14. The molecule has 1 aromatic rings. The number of nitrogens with one attached hydrogen (secondary N) is 1. The summed E-state index contributed by atoms with van der Waals surface area (Å²) < 4.78 is 0. The normalized spacial score (nSPS) is 26.9. The molecule has 1 saturated heterocycles. The van der Waals surface area contributed by atoms with Crippen molar-refractivity contribution in [3.8, 4) is 0 Å². The molecule has 0 saturated carbocycles. The van der Waals surface area contributed by atoms with Crippen LogP contribution >= 0.6 is 0 Å². The molecule has 0 bridgehead atoms. The summed E-state index contributed by atoms with van der Waals surface area (Å²) in [5.74, 6) is 1.27. The maximum atomic E-state index is 11.9. The van der Waals surface area contributed by atoms with Crippen LogP contribution in [0.4, 0.5) is 0 Å². The van der Waals surface area contributed by atoms with Crippen LogP contribution in [0.2, 0.25) is 0 Å². The van der Waals surface area contributed by atoms with Crippen LogP contribution in [0.15, 0.2) is 12.3 Å². The third-order valence-electron chi connectivity index (χ3n) is 3.01. The van der Waals surface area contributed by atoms with Crippen LogP contribution in [0.25, 0.3) is 0 Å². The van der Waals surface area contributed by atoms with Gasteiger partial charge in [0.2, 0.25) is 0 Å². The Labute approximate surface area is 83.3 Å². The van der Waals surface area contributed by atoms with Crippen molar-refractivity contribution in [2.75, 3.05) is 13.1 Å². The molecule has 1 aliphatic heterocycles. The summed E-state index contributed by atoms with van der Waals surface area (Å²) in [5.41, 5.74) is 0.589. The van der Waals surface area contributed by atoms with Gasteiger partial charge in [-0.3, -0.25) is 9.89 Å². The number of rotatable bonds is 1. The highest BCUT2D eigenvalue weighted by Crippen LogP contribution is 2.23. The molecular weight excluding hydrogens is 178 g/mol. The maximum absolute atomic E-state index is 11.9. The van der Waals surface area contributed by atoms with E-state index in [1.165, 1.54) is 0 Å². The van der Waals surface area contributed by atoms with Gasteiger partial charge in [-0.2, -0.15) is 5.10 Å². The van der Waals surface area contributed by atoms with Crippen molar-refractivity contribution in [1.82, 2.24) is 15.1 Å². The van der Waals surface area contributed by atoms with E-state index in [4.69, 9.17) is 0 Å². The van der Waals surface area contributed by atoms with Gasteiger partial charge in [-0.15, -0.1) is 0 Å². The number of hydrogen-bond acceptors (Lipinski definition) is 2. The first kappa shape index (κ1) is 9.24. The fraction of sp³-hybridized carbons (Fsp3) is 0.600. The van der Waals surface area contributed by atoms with Crippen molar-refractivity contribution in [2.24, 2.45) is 11.8 Å². The smallest absolute Gasteiger partial charge is 0.271 e. The first-order valence-corrected chi connectivity index (χ1v) is 4.97. The summed E-state index contributed by atoms with van der Waals surface area (Å²) in [6.07, 6.45) is 1.61. The first-order chi connectivity index (χ1) is 6.68. The molecule has 14 heavy (non-hydrogen) atoms. The van der Waals surface area contributed by atoms with E-state index in [0.717, 1.165) is 13.1 Å². The van der Waals surface area contributed by atoms with Crippen molar-refractivity contribution in [2.45, 2.75) is 13.8 Å². The van der Waals surface area contributed by atoms with Crippen molar-refractivity contribution >= 4 is 5.91 Å². The van der Waals surface area contributed by atoms with Gasteiger partial charge >= 0.3 is 0 Å². The molecule has 1 aromatic heterocycles. The lowest BCUT2D eigenvalue weighted by Gasteiger charge is -2.14. The lowest BCUT2D eigenvalue weighted by atomic mass is 10.0. The van der Waals surface area contributed by atoms with Gasteiger partial charge in [0.1, 0.15) is 5.69 Å². The highest BCUT2D eigenvalue weighted by Gasteiger charge is 2.30. The van der Waals surface area contributed by atoms with Crippen molar-refractivity contribution in [3.63, 3.8) is 0 Å². The molecule has 0 aliphatic carbocycles. The molecule has 1 fully saturated rings. The topological polar surface area (TPSA) is 49.0 Å². The zero-order valence-corrected chi connectivity index (χ0v) is 8.53. The van der Waals surface area contributed by atoms with Gasteiger partial charge in [0.05, 0.1) is 0 Å². The number of carbonyl (C=O) groups is 1. The fourth-order valence-electron chi connectivity index (χ4n) is 1.84. The van der Waals surface area contributed by atoms with Gasteiger partial charge in [0.15, 0.2) is 0 Å². The lowest BCUT2D eigenvalue weighted by Crippen LogP contribution is -2.29. The number of amides is 1. The van der Waals surface area contributed by atoms with Crippen LogP contribution in [-0.2, 0) is 0 Å². The molecule has 1 N–H and O–H groups in total. The molecule has 4 heteroatoms. The van der Waals surface area contributed by atoms with Gasteiger partial charge in [0, 0.05) is 19.3 Å². The second-order valence-corrected chi connectivity index (χ2v) is 4.14. The van der Waals surface area contributed by atoms with Crippen molar-refractivity contribution < 1.29 is 4.79 Å². The number of aromatic amines is 1. The number of nitrogens with zero attached hydrogens (tertiary/aromatic N) is 2. The third-order valence-corrected chi connectivity index (χ3v) is 3.01. The minimum absolute atomic E-state index is 0.0682. The first-order valence-electron chi connectivity index (χ1n) is 4.97. The number of aromatic nitrogens is 2. The van der Waals surface area contributed by atoms with E-state index in [-0.39, 0.29) is 5.91 Å². The molecular formula is C10H15N3O. The van der Waals surface area contributed by atoms with Gasteiger partial charge in [0.25, 0.3) is 5.91 Å². The van der Waals surface area contributed by atoms with E-state index in [1.54, 1.807) is 12.3 Å². The maximum Gasteiger partial charge on any atom is 0.271 e. The Bertz CT molecular complexity index is 310. The monoisotopic (exact) mass is 193 g/mol. The predicted octanol–water partition coefficient (Wildman–Crippen LogP) is 1.14. The Morgan fingerprint density at radius 1 is 1.50 bits per heavy atom. The Hall–Kier alpha value is -1.32. The minimum atomic E-state index is 0.0682. The van der Waals surface area contributed by atoms with Crippen molar-refractivity contribution in [1.29, 1.82) is 0 Å². The average molecular weight is 193 g/mol. The molecule has 2 atom stereocenters. The van der Waals surface area contributed by atoms with Crippen LogP contribution in [0.1, 0.15) is 24.3 Å². The number of H-pyrrole nitrogens is 1. The van der Waals surface area contributed by atoms with Crippen LogP contribution in [0.3, 0.4) is 0 Å². The van der Waals surface area contributed by atoms with Crippen LogP contribution in [0, 0.1) is 11.8 Å². The van der Waals surface area contributed by atoms with E-state index in [0.29, 0.717) is 17.5 Å². The van der Waals surface area contributed by atoms with E-state index in [2.05, 4.69) is 24.0 Å². The zero-order valence-electron chi connectivity index (χ0n) is 8.53. The Morgan fingerprint density at radius 2 is 2.14 bits per heavy atom. The molecule has 2 heterocycles. The summed E-state index contributed by atoms with van der Waals surface area (Å²) in [5, 5.41) is 6.48. The lowest BCUT2D eigenvalue weighted by molar-refractivity contribution is 0.0779. The fourth-order valence-corrected chi connectivity index (χ4v) is 1.84. The summed E-state index contributed by atoms with van der Waals surface area (Å²) in [6, 6.07) is 1.72. The quantitative estimate of drug-likeness (QED) is 0.727. The predicted molar refractivity (Wildman–Crippen MR) is 52.8 cm³/mol. The molecule has 1 amide bonds. The largest absolute Gasteiger partial charge is 0.337 e. The molecule has 2 unspecified atom stereocenters. The van der Waals surface area contributed by atoms with E-state index in [1.807, 2.05) is 4.90 Å². The third kappa shape index (κ3) is 1.52. The molecule has 0 spiro atoms. The van der Waals surface area contributed by atoms with Gasteiger partial charge in [-0.05, 0) is 17.9 Å². The van der Waals surface area contributed by atoms with Crippen molar-refractivity contribution in [3.05, 3.63) is 18.0 Å². The molecule has 76 valence electrons.